The maximum atomic E-state index is 8.85. The van der Waals surface area contributed by atoms with Crippen molar-refractivity contribution in [2.45, 2.75) is 32.5 Å². The van der Waals surface area contributed by atoms with Crippen molar-refractivity contribution < 1.29 is 4.74 Å². The summed E-state index contributed by atoms with van der Waals surface area (Å²) in [4.78, 5) is 1.97. The van der Waals surface area contributed by atoms with Gasteiger partial charge in [-0.1, -0.05) is 0 Å². The number of aryl methyl sites for hydroxylation is 1. The monoisotopic (exact) mass is 316 g/mol. The van der Waals surface area contributed by atoms with Gasteiger partial charge in [0.15, 0.2) is 0 Å². The molecule has 1 N–H and O–H groups in total. The summed E-state index contributed by atoms with van der Waals surface area (Å²) in [5.74, 6) is 0.470. The second-order valence-corrected chi connectivity index (χ2v) is 6.59. The van der Waals surface area contributed by atoms with Crippen molar-refractivity contribution in [2.24, 2.45) is 5.92 Å². The van der Waals surface area contributed by atoms with Gasteiger partial charge in [0, 0.05) is 43.2 Å². The number of hydrogen-bond acceptors (Lipinski definition) is 5. The maximum absolute atomic E-state index is 8.85. The van der Waals surface area contributed by atoms with E-state index in [9.17, 15) is 0 Å². The molecule has 2 aromatic rings. The molecule has 0 radical (unpaired) electrons. The minimum absolute atomic E-state index is 0.132. The number of aromatic nitrogens is 2. The third kappa shape index (κ3) is 3.22. The van der Waals surface area contributed by atoms with Gasteiger partial charge in [-0.3, -0.25) is 4.68 Å². The highest BCUT2D eigenvalue weighted by atomic mass is 32.1. The van der Waals surface area contributed by atoms with Crippen molar-refractivity contribution in [3.63, 3.8) is 0 Å². The third-order valence-electron chi connectivity index (χ3n) is 4.03. The molecular weight excluding hydrogens is 296 g/mol. The molecule has 1 aliphatic heterocycles. The van der Waals surface area contributed by atoms with Crippen LogP contribution in [0, 0.1) is 17.2 Å². The first kappa shape index (κ1) is 15.2. The van der Waals surface area contributed by atoms with Crippen molar-refractivity contribution in [2.75, 3.05) is 13.2 Å². The van der Waals surface area contributed by atoms with Crippen LogP contribution in [0.15, 0.2) is 24.4 Å². The fourth-order valence-corrected chi connectivity index (χ4v) is 3.71. The summed E-state index contributed by atoms with van der Waals surface area (Å²) in [5.41, 5.74) is 1.18. The Bertz CT molecular complexity index is 657. The van der Waals surface area contributed by atoms with Gasteiger partial charge >= 0.3 is 0 Å². The van der Waals surface area contributed by atoms with Gasteiger partial charge in [-0.2, -0.15) is 10.4 Å². The van der Waals surface area contributed by atoms with E-state index >= 15 is 0 Å². The van der Waals surface area contributed by atoms with Crippen LogP contribution < -0.4 is 5.32 Å². The number of nitriles is 1. The molecule has 2 atom stereocenters. The van der Waals surface area contributed by atoms with Crippen LogP contribution >= 0.6 is 11.3 Å². The van der Waals surface area contributed by atoms with Crippen molar-refractivity contribution in [3.8, 4) is 6.07 Å². The highest BCUT2D eigenvalue weighted by Crippen LogP contribution is 2.34. The molecular formula is C16H20N4OS. The van der Waals surface area contributed by atoms with E-state index in [1.54, 1.807) is 11.3 Å². The van der Waals surface area contributed by atoms with Gasteiger partial charge in [0.1, 0.15) is 17.1 Å². The summed E-state index contributed by atoms with van der Waals surface area (Å²) in [6.45, 7) is 5.50. The molecule has 5 nitrogen and oxygen atoms in total. The first-order valence-corrected chi connectivity index (χ1v) is 8.46. The molecule has 3 rings (SSSR count). The smallest absolute Gasteiger partial charge is 0.110 e. The SMILES string of the molecule is CCn1nccc1[C@@H]1OCC[C@H]1CNCc1ccc(C#N)s1. The fourth-order valence-electron chi connectivity index (χ4n) is 2.93. The predicted octanol–water partition coefficient (Wildman–Crippen LogP) is 2.70. The summed E-state index contributed by atoms with van der Waals surface area (Å²) in [6.07, 6.45) is 3.05. The summed E-state index contributed by atoms with van der Waals surface area (Å²) in [5, 5.41) is 16.7. The van der Waals surface area contributed by atoms with Gasteiger partial charge in [-0.15, -0.1) is 11.3 Å². The van der Waals surface area contributed by atoms with Gasteiger partial charge in [0.05, 0.1) is 5.69 Å². The Hall–Kier alpha value is -1.68. The van der Waals surface area contributed by atoms with E-state index in [0.29, 0.717) is 5.92 Å². The Labute approximate surface area is 134 Å². The van der Waals surface area contributed by atoms with Gasteiger partial charge < -0.3 is 10.1 Å². The van der Waals surface area contributed by atoms with Crippen LogP contribution in [0.2, 0.25) is 0 Å². The van der Waals surface area contributed by atoms with Gasteiger partial charge in [0.25, 0.3) is 0 Å². The zero-order valence-corrected chi connectivity index (χ0v) is 13.5. The van der Waals surface area contributed by atoms with Crippen LogP contribution in [0.5, 0.6) is 0 Å². The van der Waals surface area contributed by atoms with E-state index in [4.69, 9.17) is 10.00 Å². The minimum atomic E-state index is 0.132. The molecule has 0 amide bonds. The molecule has 0 saturated carbocycles. The Kier molecular flexibility index (Phi) is 4.88. The van der Waals surface area contributed by atoms with Gasteiger partial charge in [-0.25, -0.2) is 0 Å². The Balaban J connectivity index is 1.56. The molecule has 22 heavy (non-hydrogen) atoms. The van der Waals surface area contributed by atoms with Crippen LogP contribution in [0.3, 0.4) is 0 Å². The van der Waals surface area contributed by atoms with E-state index in [1.165, 1.54) is 10.6 Å². The zero-order valence-electron chi connectivity index (χ0n) is 12.7. The van der Waals surface area contributed by atoms with E-state index in [0.717, 1.165) is 37.5 Å². The lowest BCUT2D eigenvalue weighted by molar-refractivity contribution is 0.0830. The lowest BCUT2D eigenvalue weighted by Crippen LogP contribution is -2.25. The molecule has 3 heterocycles. The quantitative estimate of drug-likeness (QED) is 0.890. The molecule has 0 aromatic carbocycles. The average Bonchev–Trinajstić information content (AvgIpc) is 3.27. The molecule has 1 fully saturated rings. The Morgan fingerprint density at radius 1 is 1.50 bits per heavy atom. The van der Waals surface area contributed by atoms with Gasteiger partial charge in [-0.05, 0) is 31.5 Å². The number of rotatable bonds is 6. The molecule has 6 heteroatoms. The molecule has 0 unspecified atom stereocenters. The summed E-state index contributed by atoms with van der Waals surface area (Å²) in [7, 11) is 0. The summed E-state index contributed by atoms with van der Waals surface area (Å²) in [6, 6.07) is 8.14. The van der Waals surface area contributed by atoms with Crippen LogP contribution in [-0.2, 0) is 17.8 Å². The zero-order chi connectivity index (χ0) is 15.4. The standard InChI is InChI=1S/C16H20N4OS/c1-2-20-15(5-7-19-20)16-12(6-8-21-16)10-18-11-14-4-3-13(9-17)22-14/h3-5,7,12,16,18H,2,6,8,10-11H2,1H3/t12-,16+/m0/s1. The summed E-state index contributed by atoms with van der Waals surface area (Å²) < 4.78 is 7.95. The molecule has 116 valence electrons. The van der Waals surface area contributed by atoms with Crippen LogP contribution in [0.1, 0.15) is 34.9 Å². The highest BCUT2D eigenvalue weighted by molar-refractivity contribution is 7.12. The Morgan fingerprint density at radius 3 is 3.18 bits per heavy atom. The second-order valence-electron chi connectivity index (χ2n) is 5.42. The average molecular weight is 316 g/mol. The molecule has 1 aliphatic rings. The second kappa shape index (κ2) is 7.05. The number of hydrogen-bond donors (Lipinski definition) is 1. The van der Waals surface area contributed by atoms with Crippen molar-refractivity contribution in [3.05, 3.63) is 39.8 Å². The van der Waals surface area contributed by atoms with Crippen molar-refractivity contribution in [1.29, 1.82) is 5.26 Å². The fraction of sp³-hybridized carbons (Fsp3) is 0.500. The number of nitrogens with zero attached hydrogens (tertiary/aromatic N) is 3. The minimum Gasteiger partial charge on any atom is -0.372 e. The number of thiophene rings is 1. The summed E-state index contributed by atoms with van der Waals surface area (Å²) >= 11 is 1.55. The van der Waals surface area contributed by atoms with Crippen LogP contribution in [0.4, 0.5) is 0 Å². The van der Waals surface area contributed by atoms with Crippen molar-refractivity contribution in [1.82, 2.24) is 15.1 Å². The molecule has 0 aliphatic carbocycles. The Morgan fingerprint density at radius 2 is 2.41 bits per heavy atom. The normalized spacial score (nSPS) is 21.1. The van der Waals surface area contributed by atoms with Crippen LogP contribution in [0.25, 0.3) is 0 Å². The molecule has 0 bridgehead atoms. The molecule has 2 aromatic heterocycles. The molecule has 1 saturated heterocycles. The maximum Gasteiger partial charge on any atom is 0.110 e. The highest BCUT2D eigenvalue weighted by Gasteiger charge is 2.31. The van der Waals surface area contributed by atoms with Crippen LogP contribution in [-0.4, -0.2) is 22.9 Å². The van der Waals surface area contributed by atoms with Crippen molar-refractivity contribution >= 4 is 11.3 Å². The largest absolute Gasteiger partial charge is 0.372 e. The molecule has 0 spiro atoms. The van der Waals surface area contributed by atoms with E-state index in [2.05, 4.69) is 29.5 Å². The first-order chi connectivity index (χ1) is 10.8. The third-order valence-corrected chi connectivity index (χ3v) is 5.02. The van der Waals surface area contributed by atoms with Gasteiger partial charge in [0.2, 0.25) is 0 Å². The van der Waals surface area contributed by atoms with E-state index in [1.807, 2.05) is 23.0 Å². The first-order valence-electron chi connectivity index (χ1n) is 7.64. The number of nitrogens with one attached hydrogen (secondary N) is 1. The predicted molar refractivity (Wildman–Crippen MR) is 85.4 cm³/mol. The number of ether oxygens (including phenoxy) is 1. The lowest BCUT2D eigenvalue weighted by Gasteiger charge is -2.19. The van der Waals surface area contributed by atoms with E-state index in [-0.39, 0.29) is 6.10 Å². The topological polar surface area (TPSA) is 62.9 Å². The van der Waals surface area contributed by atoms with E-state index < -0.39 is 0 Å². The lowest BCUT2D eigenvalue weighted by atomic mass is 9.99.